The third-order valence-corrected chi connectivity index (χ3v) is 4.91. The van der Waals surface area contributed by atoms with E-state index in [0.29, 0.717) is 30.0 Å². The van der Waals surface area contributed by atoms with Gasteiger partial charge in [0.1, 0.15) is 6.54 Å². The molecule has 9 nitrogen and oxygen atoms in total. The number of anilines is 1. The number of ether oxygens (including phenoxy) is 3. The largest absolute Gasteiger partial charge is 0.454 e. The Labute approximate surface area is 160 Å². The molecule has 3 amide bonds. The first-order chi connectivity index (χ1) is 13.5. The Morgan fingerprint density at radius 3 is 2.46 bits per heavy atom. The molecule has 1 N–H and O–H groups in total. The van der Waals surface area contributed by atoms with E-state index in [1.165, 1.54) is 0 Å². The lowest BCUT2D eigenvalue weighted by Crippen LogP contribution is -2.37. The van der Waals surface area contributed by atoms with Gasteiger partial charge in [-0.25, -0.2) is 0 Å². The fraction of sp³-hybridized carbons (Fsp3) is 0.368. The van der Waals surface area contributed by atoms with Crippen LogP contribution in [0.15, 0.2) is 30.4 Å². The summed E-state index contributed by atoms with van der Waals surface area (Å²) >= 11 is 0. The van der Waals surface area contributed by atoms with E-state index in [1.807, 2.05) is 12.2 Å². The zero-order valence-electron chi connectivity index (χ0n) is 14.9. The first-order valence-corrected chi connectivity index (χ1v) is 8.88. The fourth-order valence-corrected chi connectivity index (χ4v) is 3.52. The average Bonchev–Trinajstić information content (AvgIpc) is 3.25. The minimum Gasteiger partial charge on any atom is -0.454 e. The van der Waals surface area contributed by atoms with Crippen LogP contribution in [-0.4, -0.2) is 48.5 Å². The van der Waals surface area contributed by atoms with Crippen LogP contribution in [0.5, 0.6) is 11.5 Å². The topological polar surface area (TPSA) is 111 Å². The molecule has 0 saturated carbocycles. The second-order valence-electron chi connectivity index (χ2n) is 6.70. The molecule has 1 aromatic rings. The van der Waals surface area contributed by atoms with E-state index in [0.717, 1.165) is 4.90 Å². The molecule has 0 spiro atoms. The Hall–Kier alpha value is -3.36. The van der Waals surface area contributed by atoms with E-state index in [4.69, 9.17) is 14.2 Å². The molecule has 0 unspecified atom stereocenters. The van der Waals surface area contributed by atoms with E-state index in [2.05, 4.69) is 5.32 Å². The van der Waals surface area contributed by atoms with Gasteiger partial charge in [0.25, 0.3) is 5.91 Å². The number of likely N-dealkylation sites (tertiary alicyclic amines) is 1. The third-order valence-electron chi connectivity index (χ3n) is 4.91. The second-order valence-corrected chi connectivity index (χ2v) is 6.70. The molecule has 1 aliphatic carbocycles. The van der Waals surface area contributed by atoms with Crippen LogP contribution in [0.4, 0.5) is 5.69 Å². The number of rotatable bonds is 5. The summed E-state index contributed by atoms with van der Waals surface area (Å²) in [6, 6.07) is 4.88. The lowest BCUT2D eigenvalue weighted by molar-refractivity contribution is -0.154. The minimum atomic E-state index is -0.811. The van der Waals surface area contributed by atoms with E-state index in [9.17, 15) is 19.2 Å². The van der Waals surface area contributed by atoms with Crippen molar-refractivity contribution < 1.29 is 33.4 Å². The molecular weight excluding hydrogens is 368 g/mol. The van der Waals surface area contributed by atoms with Gasteiger partial charge in [-0.05, 0) is 25.0 Å². The zero-order chi connectivity index (χ0) is 19.7. The number of hydrogen-bond acceptors (Lipinski definition) is 7. The van der Waals surface area contributed by atoms with Gasteiger partial charge in [-0.3, -0.25) is 24.1 Å². The van der Waals surface area contributed by atoms with Crippen LogP contribution in [0, 0.1) is 11.8 Å². The number of hydrogen-bond donors (Lipinski definition) is 1. The van der Waals surface area contributed by atoms with Gasteiger partial charge in [0.15, 0.2) is 18.1 Å². The van der Waals surface area contributed by atoms with Crippen molar-refractivity contribution in [2.45, 2.75) is 12.8 Å². The summed E-state index contributed by atoms with van der Waals surface area (Å²) < 4.78 is 15.3. The van der Waals surface area contributed by atoms with Crippen LogP contribution >= 0.6 is 0 Å². The number of imide groups is 1. The number of allylic oxidation sites excluding steroid dienone is 2. The smallest absolute Gasteiger partial charge is 0.326 e. The van der Waals surface area contributed by atoms with E-state index in [-0.39, 0.29) is 18.6 Å². The predicted octanol–water partition coefficient (Wildman–Crippen LogP) is 0.848. The summed E-state index contributed by atoms with van der Waals surface area (Å²) in [4.78, 5) is 49.5. The maximum atomic E-state index is 12.3. The number of esters is 1. The summed E-state index contributed by atoms with van der Waals surface area (Å²) in [6.07, 6.45) is 4.74. The Kier molecular flexibility index (Phi) is 4.72. The highest BCUT2D eigenvalue weighted by Crippen LogP contribution is 2.35. The Morgan fingerprint density at radius 1 is 1.07 bits per heavy atom. The van der Waals surface area contributed by atoms with E-state index in [1.54, 1.807) is 18.2 Å². The zero-order valence-corrected chi connectivity index (χ0v) is 14.9. The van der Waals surface area contributed by atoms with Crippen LogP contribution in [0.25, 0.3) is 0 Å². The normalized spacial score (nSPS) is 22.2. The molecule has 1 aromatic carbocycles. The monoisotopic (exact) mass is 386 g/mol. The maximum Gasteiger partial charge on any atom is 0.326 e. The van der Waals surface area contributed by atoms with Crippen molar-refractivity contribution >= 4 is 29.4 Å². The first kappa shape index (κ1) is 18.0. The van der Waals surface area contributed by atoms with Gasteiger partial charge in [0.2, 0.25) is 18.6 Å². The standard InChI is InChI=1S/C19H18N2O7/c22-16(20-11-5-6-14-15(7-11)28-10-27-14)9-26-17(23)8-21-18(24)12-3-1-2-4-13(12)19(21)25/h1-2,5-7,12-13H,3-4,8-10H2,(H,20,22)/t12-,13+. The van der Waals surface area contributed by atoms with Gasteiger partial charge < -0.3 is 19.5 Å². The summed E-state index contributed by atoms with van der Waals surface area (Å²) in [5.41, 5.74) is 0.465. The Balaban J connectivity index is 1.27. The van der Waals surface area contributed by atoms with Gasteiger partial charge in [0.05, 0.1) is 11.8 Å². The van der Waals surface area contributed by atoms with Crippen LogP contribution in [0.2, 0.25) is 0 Å². The molecule has 9 heteroatoms. The summed E-state index contributed by atoms with van der Waals surface area (Å²) in [5, 5.41) is 2.57. The molecule has 1 saturated heterocycles. The highest BCUT2D eigenvalue weighted by molar-refractivity contribution is 6.07. The molecular formula is C19H18N2O7. The SMILES string of the molecule is O=C(COC(=O)CN1C(=O)[C@H]2CC=CC[C@H]2C1=O)Nc1ccc2c(c1)OCO2. The highest BCUT2D eigenvalue weighted by Gasteiger charge is 2.47. The third kappa shape index (κ3) is 3.42. The van der Waals surface area contributed by atoms with Crippen molar-refractivity contribution in [2.75, 3.05) is 25.3 Å². The van der Waals surface area contributed by atoms with E-state index < -0.39 is 36.9 Å². The first-order valence-electron chi connectivity index (χ1n) is 8.88. The fourth-order valence-electron chi connectivity index (χ4n) is 3.52. The van der Waals surface area contributed by atoms with Gasteiger partial charge in [-0.15, -0.1) is 0 Å². The quantitative estimate of drug-likeness (QED) is 0.454. The van der Waals surface area contributed by atoms with E-state index >= 15 is 0 Å². The number of carbonyl (C=O) groups is 4. The summed E-state index contributed by atoms with van der Waals surface area (Å²) in [5.74, 6) is -1.79. The number of carbonyl (C=O) groups excluding carboxylic acids is 4. The number of amides is 3. The number of nitrogens with zero attached hydrogens (tertiary/aromatic N) is 1. The number of fused-ring (bicyclic) bond motifs is 2. The maximum absolute atomic E-state index is 12.3. The molecule has 2 heterocycles. The van der Waals surface area contributed by atoms with Crippen molar-refractivity contribution in [3.63, 3.8) is 0 Å². The minimum absolute atomic E-state index is 0.121. The van der Waals surface area contributed by atoms with Crippen LogP contribution in [0.3, 0.4) is 0 Å². The van der Waals surface area contributed by atoms with Gasteiger partial charge in [0, 0.05) is 11.8 Å². The van der Waals surface area contributed by atoms with Crippen molar-refractivity contribution in [3.05, 3.63) is 30.4 Å². The van der Waals surface area contributed by atoms with Crippen LogP contribution < -0.4 is 14.8 Å². The predicted molar refractivity (Wildman–Crippen MR) is 94.2 cm³/mol. The van der Waals surface area contributed by atoms with Crippen molar-refractivity contribution in [1.29, 1.82) is 0 Å². The second kappa shape index (κ2) is 7.34. The lowest BCUT2D eigenvalue weighted by Gasteiger charge is -2.14. The molecule has 0 aromatic heterocycles. The molecule has 4 rings (SSSR count). The van der Waals surface area contributed by atoms with Crippen molar-refractivity contribution in [1.82, 2.24) is 4.90 Å². The van der Waals surface area contributed by atoms with Crippen LogP contribution in [0.1, 0.15) is 12.8 Å². The highest BCUT2D eigenvalue weighted by atomic mass is 16.7. The number of benzene rings is 1. The molecule has 0 radical (unpaired) electrons. The summed E-state index contributed by atoms with van der Waals surface area (Å²) in [7, 11) is 0. The summed E-state index contributed by atoms with van der Waals surface area (Å²) in [6.45, 7) is -0.893. The Bertz CT molecular complexity index is 853. The molecule has 3 aliphatic rings. The molecule has 146 valence electrons. The average molecular weight is 386 g/mol. The number of nitrogens with one attached hydrogen (secondary N) is 1. The van der Waals surface area contributed by atoms with Crippen LogP contribution in [-0.2, 0) is 23.9 Å². The van der Waals surface area contributed by atoms with Crippen molar-refractivity contribution in [3.8, 4) is 11.5 Å². The molecule has 2 atom stereocenters. The molecule has 0 bridgehead atoms. The van der Waals surface area contributed by atoms with Crippen molar-refractivity contribution in [2.24, 2.45) is 11.8 Å². The van der Waals surface area contributed by atoms with Gasteiger partial charge in [-0.2, -0.15) is 0 Å². The molecule has 2 aliphatic heterocycles. The lowest BCUT2D eigenvalue weighted by atomic mass is 9.85. The Morgan fingerprint density at radius 2 is 1.75 bits per heavy atom. The molecule has 28 heavy (non-hydrogen) atoms. The van der Waals surface area contributed by atoms with Gasteiger partial charge in [-0.1, -0.05) is 12.2 Å². The molecule has 1 fully saturated rings. The van der Waals surface area contributed by atoms with Gasteiger partial charge >= 0.3 is 5.97 Å².